The van der Waals surface area contributed by atoms with Crippen molar-refractivity contribution in [3.63, 3.8) is 0 Å². The van der Waals surface area contributed by atoms with E-state index in [0.29, 0.717) is 42.2 Å². The lowest BCUT2D eigenvalue weighted by atomic mass is 10.1. The average Bonchev–Trinajstić information content (AvgIpc) is 3.50. The van der Waals surface area contributed by atoms with Crippen molar-refractivity contribution in [2.75, 3.05) is 25.6 Å². The molecule has 2 aliphatic carbocycles. The van der Waals surface area contributed by atoms with E-state index in [0.717, 1.165) is 29.1 Å². The quantitative estimate of drug-likeness (QED) is 0.411. The minimum absolute atomic E-state index is 0. The maximum Gasteiger partial charge on any atom is 0.223 e. The SMILES string of the molecule is COCC1=CCC(C2=CS/C(=C(/C#N)c3ccnc(NCCc4cccnc4)n3)N2)=CC2CC12.[HH].[HH]. The van der Waals surface area contributed by atoms with Gasteiger partial charge in [-0.2, -0.15) is 5.26 Å². The Kier molecular flexibility index (Phi) is 6.74. The summed E-state index contributed by atoms with van der Waals surface area (Å²) < 4.78 is 5.37. The normalized spacial score (nSPS) is 22.3. The van der Waals surface area contributed by atoms with Crippen LogP contribution in [0.25, 0.3) is 5.57 Å². The molecule has 5 rings (SSSR count). The summed E-state index contributed by atoms with van der Waals surface area (Å²) in [6.45, 7) is 1.39. The van der Waals surface area contributed by atoms with Crippen molar-refractivity contribution in [1.82, 2.24) is 20.3 Å². The molecule has 0 spiro atoms. The van der Waals surface area contributed by atoms with Crippen LogP contribution in [0.15, 0.2) is 76.2 Å². The van der Waals surface area contributed by atoms with Gasteiger partial charge in [0.15, 0.2) is 0 Å². The molecule has 0 aromatic carbocycles. The number of allylic oxidation sites excluding steroid dienone is 4. The van der Waals surface area contributed by atoms with Crippen molar-refractivity contribution in [3.05, 3.63) is 87.5 Å². The standard InChI is InChI=1S/C26H26N6OS.2H2/c1-33-15-19-5-4-18(11-20-12-21(19)20)24-16-34-25(31-24)22(13-27)23-7-10-30-26(32-23)29-9-6-17-3-2-8-28-14-17;;/h2-3,5,7-8,10-11,14,16,20-21,31H,4,6,9,12,15H2,1H3,(H,29,30,32);2*1H/b25-22-;;. The van der Waals surface area contributed by atoms with Gasteiger partial charge in [0, 0.05) is 46.2 Å². The third-order valence-electron chi connectivity index (χ3n) is 6.19. The Hall–Kier alpha value is -3.41. The molecule has 2 aromatic rings. The molecular weight excluding hydrogens is 444 g/mol. The minimum atomic E-state index is 0. The van der Waals surface area contributed by atoms with Gasteiger partial charge < -0.3 is 15.4 Å². The first-order valence-electron chi connectivity index (χ1n) is 11.4. The first-order chi connectivity index (χ1) is 16.7. The Labute approximate surface area is 206 Å². The van der Waals surface area contributed by atoms with Gasteiger partial charge in [0.05, 0.1) is 17.3 Å². The number of ether oxygens (including phenoxy) is 1. The van der Waals surface area contributed by atoms with Crippen LogP contribution in [0.1, 0.15) is 27.0 Å². The number of thioether (sulfide) groups is 1. The zero-order valence-electron chi connectivity index (χ0n) is 19.0. The van der Waals surface area contributed by atoms with Gasteiger partial charge in [-0.25, -0.2) is 9.97 Å². The van der Waals surface area contributed by atoms with Crippen LogP contribution in [0, 0.1) is 23.2 Å². The van der Waals surface area contributed by atoms with E-state index in [4.69, 9.17) is 4.74 Å². The van der Waals surface area contributed by atoms with Gasteiger partial charge in [-0.1, -0.05) is 30.0 Å². The number of fused-ring (bicyclic) bond motifs is 1. The van der Waals surface area contributed by atoms with Crippen LogP contribution in [-0.4, -0.2) is 35.2 Å². The first kappa shape index (κ1) is 22.4. The van der Waals surface area contributed by atoms with Crippen molar-refractivity contribution in [2.24, 2.45) is 11.8 Å². The number of hydrogen-bond donors (Lipinski definition) is 2. The second kappa shape index (κ2) is 10.2. The third-order valence-corrected chi connectivity index (χ3v) is 7.08. The molecule has 3 heterocycles. The Bertz CT molecular complexity index is 1240. The zero-order chi connectivity index (χ0) is 23.3. The number of nitrogens with zero attached hydrogens (tertiary/aromatic N) is 4. The van der Waals surface area contributed by atoms with Crippen LogP contribution in [0.4, 0.5) is 5.95 Å². The van der Waals surface area contributed by atoms with Crippen LogP contribution < -0.4 is 10.6 Å². The van der Waals surface area contributed by atoms with Gasteiger partial charge in [-0.05, 0) is 59.9 Å². The predicted octanol–water partition coefficient (Wildman–Crippen LogP) is 4.93. The van der Waals surface area contributed by atoms with E-state index in [-0.39, 0.29) is 2.85 Å². The van der Waals surface area contributed by atoms with Gasteiger partial charge in [0.1, 0.15) is 11.6 Å². The number of nitrogens with one attached hydrogen (secondary N) is 2. The van der Waals surface area contributed by atoms with E-state index in [9.17, 15) is 5.26 Å². The maximum absolute atomic E-state index is 9.93. The number of pyridine rings is 1. The number of methoxy groups -OCH3 is 1. The molecule has 0 radical (unpaired) electrons. The maximum atomic E-state index is 9.93. The summed E-state index contributed by atoms with van der Waals surface area (Å²) in [5.41, 5.74) is 6.01. The highest BCUT2D eigenvalue weighted by Crippen LogP contribution is 2.49. The number of aromatic nitrogens is 3. The monoisotopic (exact) mass is 474 g/mol. The van der Waals surface area contributed by atoms with Gasteiger partial charge in [-0.3, -0.25) is 4.98 Å². The van der Waals surface area contributed by atoms with E-state index in [1.165, 1.54) is 29.3 Å². The van der Waals surface area contributed by atoms with E-state index in [2.05, 4.69) is 49.2 Å². The molecular formula is C26H30N6OS. The zero-order valence-corrected chi connectivity index (χ0v) is 19.8. The van der Waals surface area contributed by atoms with E-state index in [1.54, 1.807) is 25.6 Å². The molecule has 0 bridgehead atoms. The molecule has 1 aliphatic heterocycles. The van der Waals surface area contributed by atoms with E-state index < -0.39 is 0 Å². The average molecular weight is 475 g/mol. The van der Waals surface area contributed by atoms with Crippen LogP contribution in [0.2, 0.25) is 0 Å². The van der Waals surface area contributed by atoms with Crippen molar-refractivity contribution in [3.8, 4) is 6.07 Å². The van der Waals surface area contributed by atoms with Crippen molar-refractivity contribution >= 4 is 23.3 Å². The van der Waals surface area contributed by atoms with Crippen LogP contribution in [0.3, 0.4) is 0 Å². The molecule has 8 heteroatoms. The Balaban J connectivity index is 0.00000180. The number of anilines is 1. The van der Waals surface area contributed by atoms with Gasteiger partial charge in [-0.15, -0.1) is 0 Å². The molecule has 7 nitrogen and oxygen atoms in total. The lowest BCUT2D eigenvalue weighted by Crippen LogP contribution is -2.11. The molecule has 34 heavy (non-hydrogen) atoms. The molecule has 2 N–H and O–H groups in total. The third kappa shape index (κ3) is 5.06. The fraction of sp³-hybridized carbons (Fsp3) is 0.308. The summed E-state index contributed by atoms with van der Waals surface area (Å²) in [7, 11) is 1.75. The van der Waals surface area contributed by atoms with E-state index >= 15 is 0 Å². The highest BCUT2D eigenvalue weighted by molar-refractivity contribution is 8.06. The summed E-state index contributed by atoms with van der Waals surface area (Å²) in [5, 5.41) is 19.5. The summed E-state index contributed by atoms with van der Waals surface area (Å²) in [5.74, 6) is 1.73. The fourth-order valence-corrected chi connectivity index (χ4v) is 5.21. The summed E-state index contributed by atoms with van der Waals surface area (Å²) in [6, 6.07) is 8.08. The molecule has 2 atom stereocenters. The molecule has 176 valence electrons. The summed E-state index contributed by atoms with van der Waals surface area (Å²) in [4.78, 5) is 13.0. The Morgan fingerprint density at radius 3 is 3.15 bits per heavy atom. The smallest absolute Gasteiger partial charge is 0.223 e. The second-order valence-electron chi connectivity index (χ2n) is 8.51. The Morgan fingerprint density at radius 1 is 1.38 bits per heavy atom. The van der Waals surface area contributed by atoms with E-state index in [1.807, 2.05) is 18.3 Å². The van der Waals surface area contributed by atoms with Crippen LogP contribution >= 0.6 is 11.8 Å². The largest absolute Gasteiger partial charge is 0.380 e. The van der Waals surface area contributed by atoms with Gasteiger partial charge in [0.2, 0.25) is 5.95 Å². The van der Waals surface area contributed by atoms with Gasteiger partial charge >= 0.3 is 0 Å². The Morgan fingerprint density at radius 2 is 2.32 bits per heavy atom. The highest BCUT2D eigenvalue weighted by Gasteiger charge is 2.39. The van der Waals surface area contributed by atoms with Crippen LogP contribution in [-0.2, 0) is 11.2 Å². The predicted molar refractivity (Wildman–Crippen MR) is 138 cm³/mol. The number of nitriles is 1. The van der Waals surface area contributed by atoms with Gasteiger partial charge in [0.25, 0.3) is 0 Å². The van der Waals surface area contributed by atoms with Crippen LogP contribution in [0.5, 0.6) is 0 Å². The lowest BCUT2D eigenvalue weighted by Gasteiger charge is -2.10. The minimum Gasteiger partial charge on any atom is -0.380 e. The molecule has 2 aromatic heterocycles. The molecule has 1 saturated carbocycles. The number of rotatable bonds is 8. The topological polar surface area (TPSA) is 95.8 Å². The second-order valence-corrected chi connectivity index (χ2v) is 9.39. The van der Waals surface area contributed by atoms with Crippen molar-refractivity contribution in [2.45, 2.75) is 19.3 Å². The molecule has 3 aliphatic rings. The number of hydrogen-bond acceptors (Lipinski definition) is 8. The van der Waals surface area contributed by atoms with Crippen molar-refractivity contribution in [1.29, 1.82) is 5.26 Å². The lowest BCUT2D eigenvalue weighted by molar-refractivity contribution is 0.221. The van der Waals surface area contributed by atoms with Crippen molar-refractivity contribution < 1.29 is 7.59 Å². The first-order valence-corrected chi connectivity index (χ1v) is 12.3. The highest BCUT2D eigenvalue weighted by atomic mass is 32.2. The molecule has 0 saturated heterocycles. The molecule has 2 unspecified atom stereocenters. The fourth-order valence-electron chi connectivity index (χ4n) is 4.33. The molecule has 1 fully saturated rings. The molecule has 0 amide bonds. The summed E-state index contributed by atoms with van der Waals surface area (Å²) >= 11 is 1.54. The summed E-state index contributed by atoms with van der Waals surface area (Å²) in [6.07, 6.45) is 12.9.